The molecule has 0 spiro atoms. The van der Waals surface area contributed by atoms with Gasteiger partial charge >= 0.3 is 0 Å². The van der Waals surface area contributed by atoms with Crippen LogP contribution in [0, 0.1) is 6.92 Å². The lowest BCUT2D eigenvalue weighted by Crippen LogP contribution is -2.18. The fraction of sp³-hybridized carbons (Fsp3) is 0.600. The molecule has 0 bridgehead atoms. The van der Waals surface area contributed by atoms with E-state index < -0.39 is 0 Å². The van der Waals surface area contributed by atoms with Gasteiger partial charge < -0.3 is 4.74 Å². The fourth-order valence-corrected chi connectivity index (χ4v) is 2.86. The number of hydrogen-bond donors (Lipinski definition) is 0. The molecule has 0 atom stereocenters. The Hall–Kier alpha value is -0.530. The summed E-state index contributed by atoms with van der Waals surface area (Å²) in [6.45, 7) is 2.91. The molecule has 1 fully saturated rings. The van der Waals surface area contributed by atoms with Crippen molar-refractivity contribution >= 4 is 11.6 Å². The van der Waals surface area contributed by atoms with Gasteiger partial charge in [-0.3, -0.25) is 0 Å². The van der Waals surface area contributed by atoms with Gasteiger partial charge in [0.1, 0.15) is 0 Å². The van der Waals surface area contributed by atoms with E-state index in [1.807, 2.05) is 12.1 Å². The topological polar surface area (TPSA) is 9.23 Å². The van der Waals surface area contributed by atoms with Gasteiger partial charge in [-0.05, 0) is 43.4 Å². The minimum atomic E-state index is 0.492. The molecule has 0 amide bonds. The molecule has 0 saturated heterocycles. The van der Waals surface area contributed by atoms with Crippen molar-refractivity contribution in [2.45, 2.75) is 51.6 Å². The van der Waals surface area contributed by atoms with Crippen LogP contribution in [0.1, 0.15) is 43.2 Å². The van der Waals surface area contributed by atoms with E-state index in [0.29, 0.717) is 6.10 Å². The van der Waals surface area contributed by atoms with Crippen LogP contribution in [0.15, 0.2) is 18.2 Å². The zero-order valence-corrected chi connectivity index (χ0v) is 11.3. The maximum Gasteiger partial charge on any atom is 0.0575 e. The van der Waals surface area contributed by atoms with Crippen LogP contribution in [0.3, 0.4) is 0 Å². The molecule has 17 heavy (non-hydrogen) atoms. The van der Waals surface area contributed by atoms with E-state index in [9.17, 15) is 0 Å². The van der Waals surface area contributed by atoms with Gasteiger partial charge in [0.15, 0.2) is 0 Å². The predicted molar refractivity (Wildman–Crippen MR) is 72.7 cm³/mol. The molecule has 1 aliphatic carbocycles. The van der Waals surface area contributed by atoms with E-state index in [4.69, 9.17) is 16.3 Å². The average Bonchev–Trinajstić information content (AvgIpc) is 2.34. The lowest BCUT2D eigenvalue weighted by Gasteiger charge is -2.22. The molecular weight excluding hydrogens is 232 g/mol. The van der Waals surface area contributed by atoms with E-state index in [1.165, 1.54) is 43.2 Å². The molecule has 2 rings (SSSR count). The van der Waals surface area contributed by atoms with Crippen LogP contribution >= 0.6 is 11.6 Å². The second-order valence-electron chi connectivity index (χ2n) is 4.92. The number of rotatable bonds is 4. The van der Waals surface area contributed by atoms with Gasteiger partial charge in [0.05, 0.1) is 12.7 Å². The normalized spacial score (nSPS) is 17.3. The first-order chi connectivity index (χ1) is 8.27. The SMILES string of the molecule is Cc1cccc(Cl)c1CCOC1CCCCC1. The van der Waals surface area contributed by atoms with Crippen LogP contribution in [0.2, 0.25) is 5.02 Å². The van der Waals surface area contributed by atoms with Crippen LogP contribution in [-0.4, -0.2) is 12.7 Å². The summed E-state index contributed by atoms with van der Waals surface area (Å²) < 4.78 is 5.94. The van der Waals surface area contributed by atoms with Crippen molar-refractivity contribution < 1.29 is 4.74 Å². The van der Waals surface area contributed by atoms with Gasteiger partial charge in [0.25, 0.3) is 0 Å². The van der Waals surface area contributed by atoms with Gasteiger partial charge in [-0.1, -0.05) is 43.0 Å². The second kappa shape index (κ2) is 6.42. The van der Waals surface area contributed by atoms with Crippen LogP contribution in [-0.2, 0) is 11.2 Å². The lowest BCUT2D eigenvalue weighted by atomic mass is 9.98. The van der Waals surface area contributed by atoms with Crippen molar-refractivity contribution in [3.05, 3.63) is 34.3 Å². The molecule has 0 heterocycles. The third-order valence-corrected chi connectivity index (χ3v) is 3.97. The Bertz CT molecular complexity index is 336. The van der Waals surface area contributed by atoms with Crippen LogP contribution < -0.4 is 0 Å². The summed E-state index contributed by atoms with van der Waals surface area (Å²) in [5, 5.41) is 0.872. The van der Waals surface area contributed by atoms with Crippen LogP contribution in [0.4, 0.5) is 0 Å². The quantitative estimate of drug-likeness (QED) is 0.765. The Labute approximate surface area is 109 Å². The van der Waals surface area contributed by atoms with Crippen molar-refractivity contribution in [3.63, 3.8) is 0 Å². The van der Waals surface area contributed by atoms with Crippen molar-refractivity contribution in [1.82, 2.24) is 0 Å². The van der Waals surface area contributed by atoms with E-state index >= 15 is 0 Å². The molecule has 0 unspecified atom stereocenters. The predicted octanol–water partition coefficient (Wildman–Crippen LogP) is 4.54. The second-order valence-corrected chi connectivity index (χ2v) is 5.32. The van der Waals surface area contributed by atoms with Crippen molar-refractivity contribution in [3.8, 4) is 0 Å². The van der Waals surface area contributed by atoms with E-state index in [2.05, 4.69) is 13.0 Å². The lowest BCUT2D eigenvalue weighted by molar-refractivity contribution is 0.0303. The molecule has 1 aromatic carbocycles. The highest BCUT2D eigenvalue weighted by atomic mass is 35.5. The molecule has 1 aliphatic rings. The molecule has 0 N–H and O–H groups in total. The van der Waals surface area contributed by atoms with Gasteiger partial charge in [-0.25, -0.2) is 0 Å². The summed E-state index contributed by atoms with van der Waals surface area (Å²) in [5.41, 5.74) is 2.51. The average molecular weight is 253 g/mol. The summed E-state index contributed by atoms with van der Waals surface area (Å²) in [6, 6.07) is 6.08. The van der Waals surface area contributed by atoms with E-state index in [1.54, 1.807) is 0 Å². The molecule has 94 valence electrons. The van der Waals surface area contributed by atoms with Gasteiger partial charge in [-0.2, -0.15) is 0 Å². The summed E-state index contributed by atoms with van der Waals surface area (Å²) in [5.74, 6) is 0. The third kappa shape index (κ3) is 3.72. The molecule has 1 aromatic rings. The minimum Gasteiger partial charge on any atom is -0.378 e. The minimum absolute atomic E-state index is 0.492. The molecule has 0 aliphatic heterocycles. The van der Waals surface area contributed by atoms with Crippen LogP contribution in [0.25, 0.3) is 0 Å². The summed E-state index contributed by atoms with van der Waals surface area (Å²) in [6.07, 6.45) is 7.94. The molecule has 0 aromatic heterocycles. The summed E-state index contributed by atoms with van der Waals surface area (Å²) in [4.78, 5) is 0. The fourth-order valence-electron chi connectivity index (χ4n) is 2.54. The standard InChI is InChI=1S/C15H21ClO/c1-12-6-5-9-15(16)14(12)10-11-17-13-7-3-2-4-8-13/h5-6,9,13H,2-4,7-8,10-11H2,1H3. The number of benzene rings is 1. The van der Waals surface area contributed by atoms with Crippen molar-refractivity contribution in [2.75, 3.05) is 6.61 Å². The number of hydrogen-bond acceptors (Lipinski definition) is 1. The Kier molecular flexibility index (Phi) is 4.87. The number of ether oxygens (including phenoxy) is 1. The highest BCUT2D eigenvalue weighted by molar-refractivity contribution is 6.31. The van der Waals surface area contributed by atoms with Gasteiger partial charge in [-0.15, -0.1) is 0 Å². The highest BCUT2D eigenvalue weighted by Crippen LogP contribution is 2.22. The largest absolute Gasteiger partial charge is 0.378 e. The summed E-state index contributed by atoms with van der Waals surface area (Å²) in [7, 11) is 0. The first kappa shape index (κ1) is 12.9. The maximum absolute atomic E-state index is 6.20. The van der Waals surface area contributed by atoms with E-state index in [0.717, 1.165) is 18.1 Å². The molecule has 2 heteroatoms. The summed E-state index contributed by atoms with van der Waals surface area (Å²) >= 11 is 6.20. The molecular formula is C15H21ClO. The number of halogens is 1. The highest BCUT2D eigenvalue weighted by Gasteiger charge is 2.13. The molecule has 1 nitrogen and oxygen atoms in total. The Morgan fingerprint density at radius 1 is 1.24 bits per heavy atom. The smallest absolute Gasteiger partial charge is 0.0575 e. The number of aryl methyl sites for hydroxylation is 1. The molecule has 1 saturated carbocycles. The van der Waals surface area contributed by atoms with Gasteiger partial charge in [0, 0.05) is 5.02 Å². The maximum atomic E-state index is 6.20. The van der Waals surface area contributed by atoms with E-state index in [-0.39, 0.29) is 0 Å². The third-order valence-electron chi connectivity index (χ3n) is 3.61. The first-order valence-electron chi connectivity index (χ1n) is 6.63. The first-order valence-corrected chi connectivity index (χ1v) is 7.01. The van der Waals surface area contributed by atoms with Gasteiger partial charge in [0.2, 0.25) is 0 Å². The zero-order valence-electron chi connectivity index (χ0n) is 10.5. The van der Waals surface area contributed by atoms with Crippen LogP contribution in [0.5, 0.6) is 0 Å². The Morgan fingerprint density at radius 2 is 2.00 bits per heavy atom. The Balaban J connectivity index is 1.81. The molecule has 0 radical (unpaired) electrons. The Morgan fingerprint density at radius 3 is 2.71 bits per heavy atom. The zero-order chi connectivity index (χ0) is 12.1. The monoisotopic (exact) mass is 252 g/mol. The van der Waals surface area contributed by atoms with Crippen molar-refractivity contribution in [1.29, 1.82) is 0 Å². The van der Waals surface area contributed by atoms with Crippen molar-refractivity contribution in [2.24, 2.45) is 0 Å².